The van der Waals surface area contributed by atoms with Gasteiger partial charge in [0.05, 0.1) is 0 Å². The van der Waals surface area contributed by atoms with Crippen molar-refractivity contribution in [3.8, 4) is 0 Å². The van der Waals surface area contributed by atoms with E-state index < -0.39 is 0 Å². The van der Waals surface area contributed by atoms with Crippen molar-refractivity contribution < 1.29 is 4.74 Å². The van der Waals surface area contributed by atoms with Crippen LogP contribution in [0.5, 0.6) is 0 Å². The van der Waals surface area contributed by atoms with Gasteiger partial charge in [-0.05, 0) is 126 Å². The van der Waals surface area contributed by atoms with Gasteiger partial charge < -0.3 is 24.3 Å². The Labute approximate surface area is 332 Å². The molecule has 2 aromatic rings. The summed E-state index contributed by atoms with van der Waals surface area (Å²) in [4.78, 5) is 10.8. The molecule has 2 aromatic carbocycles. The molecular formula is C49H78N4O. The summed E-state index contributed by atoms with van der Waals surface area (Å²) >= 11 is 0. The molecule has 1 saturated carbocycles. The molecular weight excluding hydrogens is 661 g/mol. The first-order chi connectivity index (χ1) is 26.1. The number of hydrogen-bond donors (Lipinski definition) is 0. The van der Waals surface area contributed by atoms with Gasteiger partial charge in [-0.25, -0.2) is 0 Å². The highest BCUT2D eigenvalue weighted by atomic mass is 16.5. The van der Waals surface area contributed by atoms with Crippen molar-refractivity contribution in [1.29, 1.82) is 0 Å². The van der Waals surface area contributed by atoms with E-state index in [1.165, 1.54) is 130 Å². The second kappa shape index (κ2) is 21.6. The van der Waals surface area contributed by atoms with Crippen molar-refractivity contribution >= 4 is 11.4 Å². The number of nitrogens with zero attached hydrogens (tertiary/aromatic N) is 4. The van der Waals surface area contributed by atoms with Crippen LogP contribution in [0.1, 0.15) is 149 Å². The van der Waals surface area contributed by atoms with Crippen LogP contribution in [0.2, 0.25) is 0 Å². The van der Waals surface area contributed by atoms with E-state index in [0.717, 1.165) is 38.4 Å². The van der Waals surface area contributed by atoms with Crippen LogP contribution in [0, 0.1) is 0 Å². The number of piperidine rings is 2. The molecule has 3 heterocycles. The molecule has 0 N–H and O–H groups in total. The second-order valence-electron chi connectivity index (χ2n) is 18.0. The van der Waals surface area contributed by atoms with E-state index in [1.807, 2.05) is 0 Å². The molecule has 0 aromatic heterocycles. The van der Waals surface area contributed by atoms with Gasteiger partial charge in [-0.1, -0.05) is 94.5 Å². The maximum absolute atomic E-state index is 5.55. The molecule has 300 valence electrons. The van der Waals surface area contributed by atoms with Crippen LogP contribution < -0.4 is 9.80 Å². The van der Waals surface area contributed by atoms with Crippen LogP contribution in [0.15, 0.2) is 71.8 Å². The smallest absolute Gasteiger partial charge is 0.0480 e. The Morgan fingerprint density at radius 2 is 0.926 bits per heavy atom. The predicted octanol–water partition coefficient (Wildman–Crippen LogP) is 11.6. The summed E-state index contributed by atoms with van der Waals surface area (Å²) in [5.41, 5.74) is 8.45. The predicted molar refractivity (Wildman–Crippen MR) is 235 cm³/mol. The van der Waals surface area contributed by atoms with Gasteiger partial charge in [-0.2, -0.15) is 0 Å². The average Bonchev–Trinajstić information content (AvgIpc) is 3.19. The first-order valence-corrected chi connectivity index (χ1v) is 22.1. The summed E-state index contributed by atoms with van der Waals surface area (Å²) in [5, 5.41) is 0. The maximum atomic E-state index is 5.55. The van der Waals surface area contributed by atoms with Crippen molar-refractivity contribution in [1.82, 2.24) is 9.80 Å². The van der Waals surface area contributed by atoms with Gasteiger partial charge >= 0.3 is 0 Å². The van der Waals surface area contributed by atoms with Gasteiger partial charge in [0, 0.05) is 88.0 Å². The van der Waals surface area contributed by atoms with Crippen LogP contribution in [0.3, 0.4) is 0 Å². The Kier molecular flexibility index (Phi) is 17.0. The molecule has 54 heavy (non-hydrogen) atoms. The number of ether oxygens (including phenoxy) is 1. The van der Waals surface area contributed by atoms with Crippen molar-refractivity contribution in [2.45, 2.75) is 162 Å². The minimum atomic E-state index is 0.591. The van der Waals surface area contributed by atoms with Crippen molar-refractivity contribution in [3.05, 3.63) is 83.0 Å². The molecule has 3 saturated heterocycles. The van der Waals surface area contributed by atoms with E-state index in [-0.39, 0.29) is 0 Å². The van der Waals surface area contributed by atoms with Gasteiger partial charge in [-0.15, -0.1) is 0 Å². The summed E-state index contributed by atoms with van der Waals surface area (Å²) in [5.74, 6) is 1.19. The molecule has 0 atom stereocenters. The second-order valence-corrected chi connectivity index (χ2v) is 18.0. The zero-order chi connectivity index (χ0) is 38.5. The topological polar surface area (TPSA) is 22.2 Å². The molecule has 5 heteroatoms. The highest BCUT2D eigenvalue weighted by Gasteiger charge is 2.30. The summed E-state index contributed by atoms with van der Waals surface area (Å²) in [6.07, 6.45) is 19.5. The Bertz CT molecular complexity index is 1280. The fourth-order valence-electron chi connectivity index (χ4n) is 9.22. The Balaban J connectivity index is 0.000000208. The van der Waals surface area contributed by atoms with E-state index in [1.54, 1.807) is 0 Å². The van der Waals surface area contributed by atoms with Gasteiger partial charge in [0.15, 0.2) is 0 Å². The summed E-state index contributed by atoms with van der Waals surface area (Å²) in [7, 11) is 0. The van der Waals surface area contributed by atoms with E-state index in [0.29, 0.717) is 23.9 Å². The van der Waals surface area contributed by atoms with E-state index in [9.17, 15) is 0 Å². The quantitative estimate of drug-likeness (QED) is 0.202. The first kappa shape index (κ1) is 42.5. The lowest BCUT2D eigenvalue weighted by Crippen LogP contribution is -2.49. The molecule has 6 rings (SSSR count). The number of likely N-dealkylation sites (tertiary alicyclic amines) is 2. The minimum absolute atomic E-state index is 0.591. The molecule has 3 aliphatic heterocycles. The van der Waals surface area contributed by atoms with Gasteiger partial charge in [0.2, 0.25) is 0 Å². The highest BCUT2D eigenvalue weighted by molar-refractivity contribution is 5.51. The third kappa shape index (κ3) is 12.7. The normalized spacial score (nSPS) is 20.0. The molecule has 5 nitrogen and oxygen atoms in total. The Morgan fingerprint density at radius 3 is 1.28 bits per heavy atom. The SMILES string of the molecule is CC(C)=CCN(c1ccc(C(C)C)cc1)C1CCN(C2CCCCC2)CC1.CC(C)=CCN(c1ccc(C(C)C)cc1)C1CCN(C2CCOCC2)CC1. The summed E-state index contributed by atoms with van der Waals surface area (Å²) < 4.78 is 5.55. The fraction of sp³-hybridized carbons (Fsp3) is 0.673. The minimum Gasteiger partial charge on any atom is -0.381 e. The standard InChI is InChI=1S/C25H40N2.C24H38N2O/c1-20(2)14-19-27(24-12-10-22(11-13-24)21(3)4)25-15-17-26(18-16-25)23-8-6-5-7-9-23;1-19(2)9-16-26(23-7-5-21(6-8-23)20(3)4)24-10-14-25(15-11-24)22-12-17-27-18-13-22/h10-14,21,23,25H,5-9,15-19H2,1-4H3;5-9,20,22,24H,10-18H2,1-4H3. The lowest BCUT2D eigenvalue weighted by Gasteiger charge is -2.43. The molecule has 0 bridgehead atoms. The number of rotatable bonds is 12. The van der Waals surface area contributed by atoms with E-state index in [4.69, 9.17) is 4.74 Å². The molecule has 0 radical (unpaired) electrons. The molecule has 0 unspecified atom stereocenters. The fourth-order valence-corrected chi connectivity index (χ4v) is 9.22. The lowest BCUT2D eigenvalue weighted by molar-refractivity contribution is 0.0252. The highest BCUT2D eigenvalue weighted by Crippen LogP contribution is 2.31. The molecule has 0 spiro atoms. The summed E-state index contributed by atoms with van der Waals surface area (Å²) in [6, 6.07) is 21.6. The van der Waals surface area contributed by atoms with E-state index in [2.05, 4.69) is 136 Å². The van der Waals surface area contributed by atoms with Gasteiger partial charge in [0.25, 0.3) is 0 Å². The lowest BCUT2D eigenvalue weighted by atomic mass is 9.91. The van der Waals surface area contributed by atoms with E-state index >= 15 is 0 Å². The van der Waals surface area contributed by atoms with Crippen molar-refractivity contribution in [2.24, 2.45) is 0 Å². The molecule has 1 aliphatic carbocycles. The number of allylic oxidation sites excluding steroid dienone is 2. The van der Waals surface area contributed by atoms with Crippen molar-refractivity contribution in [3.63, 3.8) is 0 Å². The van der Waals surface area contributed by atoms with Crippen LogP contribution in [0.25, 0.3) is 0 Å². The largest absolute Gasteiger partial charge is 0.381 e. The van der Waals surface area contributed by atoms with Gasteiger partial charge in [0.1, 0.15) is 0 Å². The van der Waals surface area contributed by atoms with Crippen LogP contribution in [-0.4, -0.2) is 86.4 Å². The number of benzene rings is 2. The summed E-state index contributed by atoms with van der Waals surface area (Å²) in [6.45, 7) is 26.9. The zero-order valence-electron chi connectivity index (χ0n) is 35.9. The maximum Gasteiger partial charge on any atom is 0.0480 e. The Morgan fingerprint density at radius 1 is 0.556 bits per heavy atom. The van der Waals surface area contributed by atoms with Crippen LogP contribution >= 0.6 is 0 Å². The van der Waals surface area contributed by atoms with Crippen LogP contribution in [0.4, 0.5) is 11.4 Å². The molecule has 4 fully saturated rings. The molecule has 4 aliphatic rings. The third-order valence-corrected chi connectivity index (χ3v) is 12.9. The number of anilines is 2. The first-order valence-electron chi connectivity index (χ1n) is 22.1. The van der Waals surface area contributed by atoms with Crippen LogP contribution in [-0.2, 0) is 4.74 Å². The Hall–Kier alpha value is -2.60. The monoisotopic (exact) mass is 739 g/mol. The molecule has 0 amide bonds. The third-order valence-electron chi connectivity index (χ3n) is 12.9. The van der Waals surface area contributed by atoms with Gasteiger partial charge in [-0.3, -0.25) is 0 Å². The average molecular weight is 739 g/mol. The van der Waals surface area contributed by atoms with Crippen molar-refractivity contribution in [2.75, 3.05) is 62.3 Å². The zero-order valence-corrected chi connectivity index (χ0v) is 35.9. The number of hydrogen-bond acceptors (Lipinski definition) is 5.